The van der Waals surface area contributed by atoms with Crippen LogP contribution in [0, 0.1) is 6.92 Å². The third-order valence-electron chi connectivity index (χ3n) is 3.51. The average molecular weight is 208 g/mol. The first-order valence-corrected chi connectivity index (χ1v) is 5.99. The highest BCUT2D eigenvalue weighted by Gasteiger charge is 2.17. The summed E-state index contributed by atoms with van der Waals surface area (Å²) in [5, 5.41) is 0. The second kappa shape index (κ2) is 3.48. The Morgan fingerprint density at radius 1 is 0.938 bits per heavy atom. The molecule has 0 heterocycles. The molecule has 2 aromatic rings. The normalized spacial score (nSPS) is 12.4. The Kier molecular flexibility index (Phi) is 2.10. The number of hydrogen-bond donors (Lipinski definition) is 0. The van der Waals surface area contributed by atoms with Crippen molar-refractivity contribution in [2.24, 2.45) is 0 Å². The third-order valence-corrected chi connectivity index (χ3v) is 3.51. The maximum absolute atomic E-state index is 2.37. The van der Waals surface area contributed by atoms with Gasteiger partial charge in [0.2, 0.25) is 0 Å². The lowest BCUT2D eigenvalue weighted by Gasteiger charge is -2.03. The molecule has 0 amide bonds. The molecule has 2 aromatic carbocycles. The van der Waals surface area contributed by atoms with Crippen molar-refractivity contribution in [1.82, 2.24) is 0 Å². The summed E-state index contributed by atoms with van der Waals surface area (Å²) in [7, 11) is 0. The van der Waals surface area contributed by atoms with E-state index < -0.39 is 0 Å². The quantitative estimate of drug-likeness (QED) is 0.564. The van der Waals surface area contributed by atoms with Crippen LogP contribution in [-0.4, -0.2) is 0 Å². The lowest BCUT2D eigenvalue weighted by atomic mass is 10.0. The summed E-state index contributed by atoms with van der Waals surface area (Å²) < 4.78 is 0. The summed E-state index contributed by atoms with van der Waals surface area (Å²) in [4.78, 5) is 0. The van der Waals surface area contributed by atoms with E-state index in [1.54, 1.807) is 0 Å². The Hall–Kier alpha value is -1.56. The summed E-state index contributed by atoms with van der Waals surface area (Å²) in [6, 6.07) is 13.7. The molecule has 0 unspecified atom stereocenters. The molecular weight excluding hydrogens is 192 g/mol. The van der Waals surface area contributed by atoms with Gasteiger partial charge in [-0.1, -0.05) is 48.9 Å². The van der Waals surface area contributed by atoms with Crippen LogP contribution in [0.15, 0.2) is 36.4 Å². The molecule has 0 bridgehead atoms. The molecule has 80 valence electrons. The zero-order chi connectivity index (χ0) is 11.1. The van der Waals surface area contributed by atoms with E-state index in [9.17, 15) is 0 Å². The molecule has 0 N–H and O–H groups in total. The van der Waals surface area contributed by atoms with E-state index >= 15 is 0 Å². The van der Waals surface area contributed by atoms with Crippen LogP contribution in [0.2, 0.25) is 0 Å². The van der Waals surface area contributed by atoms with E-state index in [1.165, 1.54) is 33.4 Å². The minimum atomic E-state index is 1.11. The van der Waals surface area contributed by atoms with Gasteiger partial charge in [0.05, 0.1) is 0 Å². The van der Waals surface area contributed by atoms with E-state index in [0.717, 1.165) is 12.8 Å². The molecular formula is C16H16. The highest BCUT2D eigenvalue weighted by molar-refractivity contribution is 5.77. The highest BCUT2D eigenvalue weighted by atomic mass is 14.2. The molecule has 0 nitrogen and oxygen atoms in total. The maximum atomic E-state index is 2.37. The van der Waals surface area contributed by atoms with Crippen LogP contribution < -0.4 is 0 Å². The van der Waals surface area contributed by atoms with Crippen LogP contribution in [0.4, 0.5) is 0 Å². The Balaban J connectivity index is 2.16. The fourth-order valence-electron chi connectivity index (χ4n) is 2.61. The fraction of sp³-hybridized carbons (Fsp3) is 0.250. The van der Waals surface area contributed by atoms with Gasteiger partial charge in [-0.05, 0) is 47.6 Å². The molecule has 0 saturated carbocycles. The van der Waals surface area contributed by atoms with Gasteiger partial charge in [0.15, 0.2) is 0 Å². The van der Waals surface area contributed by atoms with E-state index in [4.69, 9.17) is 0 Å². The molecule has 0 aromatic heterocycles. The van der Waals surface area contributed by atoms with Crippen molar-refractivity contribution < 1.29 is 0 Å². The Bertz CT molecular complexity index is 550. The van der Waals surface area contributed by atoms with Crippen LogP contribution in [0.5, 0.6) is 0 Å². The monoisotopic (exact) mass is 208 g/mol. The molecule has 0 aliphatic heterocycles. The number of fused-ring (bicyclic) bond motifs is 3. The van der Waals surface area contributed by atoms with Crippen LogP contribution in [0.1, 0.15) is 29.2 Å². The Morgan fingerprint density at radius 2 is 1.62 bits per heavy atom. The van der Waals surface area contributed by atoms with Gasteiger partial charge in [0.1, 0.15) is 0 Å². The lowest BCUT2D eigenvalue weighted by molar-refractivity contribution is 1.12. The zero-order valence-corrected chi connectivity index (χ0v) is 9.88. The van der Waals surface area contributed by atoms with Crippen LogP contribution in [0.3, 0.4) is 0 Å². The molecule has 1 aliphatic rings. The van der Waals surface area contributed by atoms with E-state index in [-0.39, 0.29) is 0 Å². The lowest BCUT2D eigenvalue weighted by Crippen LogP contribution is -1.84. The molecule has 3 rings (SSSR count). The molecule has 0 spiro atoms. The van der Waals surface area contributed by atoms with Crippen LogP contribution in [-0.2, 0) is 12.8 Å². The van der Waals surface area contributed by atoms with Gasteiger partial charge in [0, 0.05) is 0 Å². The standard InChI is InChI=1S/C16H16/c1-3-12-5-7-16-14(9-12)10-13-8-11(2)4-6-15(13)16/h4-9H,3,10H2,1-2H3. The second-order valence-corrected chi connectivity index (χ2v) is 4.68. The largest absolute Gasteiger partial charge is 0.0613 e. The highest BCUT2D eigenvalue weighted by Crippen LogP contribution is 2.37. The van der Waals surface area contributed by atoms with Gasteiger partial charge in [-0.15, -0.1) is 0 Å². The predicted molar refractivity (Wildman–Crippen MR) is 68.8 cm³/mol. The fourth-order valence-corrected chi connectivity index (χ4v) is 2.61. The van der Waals surface area contributed by atoms with Gasteiger partial charge >= 0.3 is 0 Å². The Labute approximate surface area is 96.9 Å². The summed E-state index contributed by atoms with van der Waals surface area (Å²) in [6.45, 7) is 4.38. The van der Waals surface area contributed by atoms with Gasteiger partial charge in [-0.2, -0.15) is 0 Å². The summed E-state index contributed by atoms with van der Waals surface area (Å²) >= 11 is 0. The number of rotatable bonds is 1. The Morgan fingerprint density at radius 3 is 2.38 bits per heavy atom. The molecule has 0 saturated heterocycles. The first-order valence-electron chi connectivity index (χ1n) is 5.99. The first kappa shape index (κ1) is 9.65. The second-order valence-electron chi connectivity index (χ2n) is 4.68. The number of hydrogen-bond acceptors (Lipinski definition) is 0. The van der Waals surface area contributed by atoms with Crippen molar-refractivity contribution in [1.29, 1.82) is 0 Å². The maximum Gasteiger partial charge on any atom is -0.00133 e. The SMILES string of the molecule is CCc1ccc2c(c1)Cc1cc(C)ccc1-2. The van der Waals surface area contributed by atoms with Gasteiger partial charge in [0.25, 0.3) is 0 Å². The molecule has 0 fully saturated rings. The van der Waals surface area contributed by atoms with Crippen molar-refractivity contribution in [3.05, 3.63) is 58.7 Å². The predicted octanol–water partition coefficient (Wildman–Crippen LogP) is 4.13. The van der Waals surface area contributed by atoms with Gasteiger partial charge in [-0.3, -0.25) is 0 Å². The molecule has 0 heteroatoms. The summed E-state index contributed by atoms with van der Waals surface area (Å²) in [5.74, 6) is 0. The minimum Gasteiger partial charge on any atom is -0.0613 e. The minimum absolute atomic E-state index is 1.11. The first-order chi connectivity index (χ1) is 7.78. The van der Waals surface area contributed by atoms with Crippen LogP contribution in [0.25, 0.3) is 11.1 Å². The molecule has 0 atom stereocenters. The average Bonchev–Trinajstić information content (AvgIpc) is 2.64. The summed E-state index contributed by atoms with van der Waals surface area (Å²) in [6.07, 6.45) is 2.24. The van der Waals surface area contributed by atoms with E-state index in [1.807, 2.05) is 0 Å². The smallest absolute Gasteiger partial charge is 0.00133 e. The number of aryl methyl sites for hydroxylation is 2. The van der Waals surface area contributed by atoms with Crippen molar-refractivity contribution in [3.63, 3.8) is 0 Å². The van der Waals surface area contributed by atoms with Crippen LogP contribution >= 0.6 is 0 Å². The van der Waals surface area contributed by atoms with E-state index in [2.05, 4.69) is 50.2 Å². The van der Waals surface area contributed by atoms with Crippen molar-refractivity contribution in [3.8, 4) is 11.1 Å². The molecule has 16 heavy (non-hydrogen) atoms. The number of benzene rings is 2. The van der Waals surface area contributed by atoms with Gasteiger partial charge < -0.3 is 0 Å². The summed E-state index contributed by atoms with van der Waals surface area (Å²) in [5.41, 5.74) is 8.67. The molecule has 1 aliphatic carbocycles. The van der Waals surface area contributed by atoms with Crippen molar-refractivity contribution in [2.45, 2.75) is 26.7 Å². The van der Waals surface area contributed by atoms with Crippen molar-refractivity contribution >= 4 is 0 Å². The van der Waals surface area contributed by atoms with Crippen molar-refractivity contribution in [2.75, 3.05) is 0 Å². The molecule has 0 radical (unpaired) electrons. The third kappa shape index (κ3) is 1.37. The topological polar surface area (TPSA) is 0 Å². The zero-order valence-electron chi connectivity index (χ0n) is 9.88. The van der Waals surface area contributed by atoms with E-state index in [0.29, 0.717) is 0 Å². The van der Waals surface area contributed by atoms with Gasteiger partial charge in [-0.25, -0.2) is 0 Å².